The Morgan fingerprint density at radius 1 is 1.62 bits per heavy atom. The summed E-state index contributed by atoms with van der Waals surface area (Å²) < 4.78 is 24.3. The van der Waals surface area contributed by atoms with Crippen LogP contribution in [-0.2, 0) is 14.8 Å². The zero-order valence-electron chi connectivity index (χ0n) is 6.73. The first kappa shape index (κ1) is 9.68. The Morgan fingerprint density at radius 2 is 2.31 bits per heavy atom. The first-order valence-corrected chi connectivity index (χ1v) is 4.77. The Morgan fingerprint density at radius 3 is 2.85 bits per heavy atom. The molecule has 0 fully saturated rings. The first-order valence-electron chi connectivity index (χ1n) is 3.29. The van der Waals surface area contributed by atoms with Crippen molar-refractivity contribution in [2.24, 2.45) is 0 Å². The van der Waals surface area contributed by atoms with Gasteiger partial charge in [-0.1, -0.05) is 0 Å². The summed E-state index contributed by atoms with van der Waals surface area (Å²) in [6.45, 7) is 0. The van der Waals surface area contributed by atoms with E-state index in [4.69, 9.17) is 0 Å². The molecule has 0 aliphatic carbocycles. The van der Waals surface area contributed by atoms with E-state index in [1.54, 1.807) is 0 Å². The van der Waals surface area contributed by atoms with Crippen molar-refractivity contribution in [1.29, 1.82) is 0 Å². The van der Waals surface area contributed by atoms with Crippen LogP contribution in [-0.4, -0.2) is 31.8 Å². The van der Waals surface area contributed by atoms with Crippen molar-refractivity contribution in [3.63, 3.8) is 0 Å². The fourth-order valence-electron chi connectivity index (χ4n) is 0.673. The summed E-state index contributed by atoms with van der Waals surface area (Å²) in [4.78, 5) is 15.9. The van der Waals surface area contributed by atoms with Crippen molar-refractivity contribution in [3.05, 3.63) is 6.20 Å². The van der Waals surface area contributed by atoms with Gasteiger partial charge in [-0.25, -0.2) is 18.1 Å². The van der Waals surface area contributed by atoms with Gasteiger partial charge in [-0.05, 0) is 7.05 Å². The number of hydrogen-bond acceptors (Lipinski definition) is 4. The summed E-state index contributed by atoms with van der Waals surface area (Å²) in [5, 5.41) is 2.00. The molecule has 1 heterocycles. The number of amides is 1. The molecule has 0 atom stereocenters. The van der Waals surface area contributed by atoms with E-state index in [-0.39, 0.29) is 11.0 Å². The Bertz CT molecular complexity index is 396. The van der Waals surface area contributed by atoms with Crippen molar-refractivity contribution in [3.8, 4) is 0 Å². The number of nitrogens with zero attached hydrogens (tertiary/aromatic N) is 1. The molecule has 0 saturated carbocycles. The van der Waals surface area contributed by atoms with E-state index in [0.717, 1.165) is 0 Å². The number of nitrogens with one attached hydrogen (secondary N) is 3. The van der Waals surface area contributed by atoms with Gasteiger partial charge in [-0.2, -0.15) is 0 Å². The van der Waals surface area contributed by atoms with Crippen LogP contribution in [0, 0.1) is 0 Å². The Labute approximate surface area is 74.6 Å². The third-order valence-electron chi connectivity index (χ3n) is 1.29. The van der Waals surface area contributed by atoms with Crippen molar-refractivity contribution in [2.75, 3.05) is 12.4 Å². The largest absolute Gasteiger partial charge is 0.314 e. The summed E-state index contributed by atoms with van der Waals surface area (Å²) in [5.41, 5.74) is 0. The molecule has 13 heavy (non-hydrogen) atoms. The van der Waals surface area contributed by atoms with Crippen molar-refractivity contribution in [2.45, 2.75) is 5.16 Å². The SMILES string of the molecule is CNS(=O)(=O)c1ncc(NC=O)[nH]1. The van der Waals surface area contributed by atoms with Gasteiger partial charge in [0.25, 0.3) is 10.0 Å². The number of anilines is 1. The van der Waals surface area contributed by atoms with Gasteiger partial charge in [0.15, 0.2) is 0 Å². The number of aromatic nitrogens is 2. The predicted molar refractivity (Wildman–Crippen MR) is 44.5 cm³/mol. The molecule has 72 valence electrons. The van der Waals surface area contributed by atoms with Gasteiger partial charge < -0.3 is 10.3 Å². The molecule has 8 heteroatoms. The number of aromatic amines is 1. The maximum Gasteiger partial charge on any atom is 0.274 e. The molecule has 7 nitrogen and oxygen atoms in total. The molecule has 0 aromatic carbocycles. The van der Waals surface area contributed by atoms with Gasteiger partial charge >= 0.3 is 0 Å². The lowest BCUT2D eigenvalue weighted by molar-refractivity contribution is -0.105. The standard InChI is InChI=1S/C5H8N4O3S/c1-6-13(11,12)5-7-2-4(9-5)8-3-10/h2-3,6H,1H3,(H,7,9)(H,8,10). The van der Waals surface area contributed by atoms with Crippen LogP contribution in [0.5, 0.6) is 0 Å². The Balaban J connectivity index is 2.98. The number of H-pyrrole nitrogens is 1. The minimum absolute atomic E-state index is 0.226. The van der Waals surface area contributed by atoms with Crippen LogP contribution in [0.3, 0.4) is 0 Å². The molecule has 0 spiro atoms. The molecule has 0 aliphatic heterocycles. The van der Waals surface area contributed by atoms with Crippen LogP contribution in [0.2, 0.25) is 0 Å². The summed E-state index contributed by atoms with van der Waals surface area (Å²) in [6.07, 6.45) is 1.63. The minimum atomic E-state index is -3.57. The first-order chi connectivity index (χ1) is 6.10. The second-order valence-electron chi connectivity index (χ2n) is 2.07. The normalized spacial score (nSPS) is 11.2. The highest BCUT2D eigenvalue weighted by atomic mass is 32.2. The van der Waals surface area contributed by atoms with Crippen LogP contribution < -0.4 is 10.0 Å². The van der Waals surface area contributed by atoms with E-state index in [2.05, 4.69) is 20.0 Å². The lowest BCUT2D eigenvalue weighted by Gasteiger charge is -1.95. The molecular formula is C5H8N4O3S. The highest BCUT2D eigenvalue weighted by Crippen LogP contribution is 2.06. The average molecular weight is 204 g/mol. The van der Waals surface area contributed by atoms with E-state index < -0.39 is 10.0 Å². The van der Waals surface area contributed by atoms with Crippen molar-refractivity contribution >= 4 is 22.3 Å². The fourth-order valence-corrected chi connectivity index (χ4v) is 1.30. The van der Waals surface area contributed by atoms with E-state index in [0.29, 0.717) is 6.41 Å². The lowest BCUT2D eigenvalue weighted by Crippen LogP contribution is -2.19. The third-order valence-corrected chi connectivity index (χ3v) is 2.54. The third kappa shape index (κ3) is 2.04. The van der Waals surface area contributed by atoms with Crippen LogP contribution in [0.4, 0.5) is 5.82 Å². The summed E-state index contributed by atoms with van der Waals surface area (Å²) in [7, 11) is -2.30. The molecule has 0 unspecified atom stereocenters. The van der Waals surface area contributed by atoms with E-state index in [1.165, 1.54) is 13.2 Å². The van der Waals surface area contributed by atoms with Crippen molar-refractivity contribution in [1.82, 2.24) is 14.7 Å². The van der Waals surface area contributed by atoms with E-state index in [9.17, 15) is 13.2 Å². The van der Waals surface area contributed by atoms with Gasteiger partial charge in [0.05, 0.1) is 6.20 Å². The second-order valence-corrected chi connectivity index (χ2v) is 3.87. The monoisotopic (exact) mass is 204 g/mol. The molecule has 1 amide bonds. The van der Waals surface area contributed by atoms with Crippen LogP contribution in [0.15, 0.2) is 11.4 Å². The number of carbonyl (C=O) groups excluding carboxylic acids is 1. The lowest BCUT2D eigenvalue weighted by atomic mass is 10.8. The maximum atomic E-state index is 11.1. The second kappa shape index (κ2) is 3.54. The number of hydrogen-bond donors (Lipinski definition) is 3. The number of rotatable bonds is 4. The highest BCUT2D eigenvalue weighted by molar-refractivity contribution is 7.89. The van der Waals surface area contributed by atoms with E-state index >= 15 is 0 Å². The van der Waals surface area contributed by atoms with Crippen molar-refractivity contribution < 1.29 is 13.2 Å². The number of sulfonamides is 1. The molecule has 0 bridgehead atoms. The topological polar surface area (TPSA) is 104 Å². The summed E-state index contributed by atoms with van der Waals surface area (Å²) in [6, 6.07) is 0. The smallest absolute Gasteiger partial charge is 0.274 e. The van der Waals surface area contributed by atoms with Gasteiger partial charge in [0, 0.05) is 0 Å². The molecule has 1 aromatic rings. The number of imidazole rings is 1. The molecule has 1 aromatic heterocycles. The summed E-state index contributed by atoms with van der Waals surface area (Å²) in [5.74, 6) is 0.226. The molecule has 0 aliphatic rings. The molecule has 1 rings (SSSR count). The Hall–Kier alpha value is -1.41. The van der Waals surface area contributed by atoms with Crippen LogP contribution in [0.1, 0.15) is 0 Å². The minimum Gasteiger partial charge on any atom is -0.314 e. The molecule has 0 radical (unpaired) electrons. The van der Waals surface area contributed by atoms with Gasteiger partial charge in [-0.15, -0.1) is 0 Å². The van der Waals surface area contributed by atoms with Crippen LogP contribution in [0.25, 0.3) is 0 Å². The zero-order valence-corrected chi connectivity index (χ0v) is 7.55. The maximum absolute atomic E-state index is 11.1. The van der Waals surface area contributed by atoms with E-state index in [1.807, 2.05) is 0 Å². The van der Waals surface area contributed by atoms with Gasteiger partial charge in [0.1, 0.15) is 5.82 Å². The van der Waals surface area contributed by atoms with Gasteiger partial charge in [-0.3, -0.25) is 4.79 Å². The molecular weight excluding hydrogens is 196 g/mol. The predicted octanol–water partition coefficient (Wildman–Crippen LogP) is -1.11. The molecule has 0 saturated heterocycles. The molecule has 3 N–H and O–H groups in total. The zero-order chi connectivity index (χ0) is 9.90. The summed E-state index contributed by atoms with van der Waals surface area (Å²) >= 11 is 0. The van der Waals surface area contributed by atoms with Crippen LogP contribution >= 0.6 is 0 Å². The average Bonchev–Trinajstić information content (AvgIpc) is 2.54. The fraction of sp³-hybridized carbons (Fsp3) is 0.200. The Kier molecular flexibility index (Phi) is 2.63. The number of carbonyl (C=O) groups is 1. The quantitative estimate of drug-likeness (QED) is 0.541. The van der Waals surface area contributed by atoms with Gasteiger partial charge in [0.2, 0.25) is 11.6 Å². The highest BCUT2D eigenvalue weighted by Gasteiger charge is 2.14.